The Hall–Kier alpha value is -2.41. The van der Waals surface area contributed by atoms with E-state index in [1.807, 2.05) is 0 Å². The van der Waals surface area contributed by atoms with Gasteiger partial charge < -0.3 is 25.0 Å². The molecule has 3 aliphatic heterocycles. The molecule has 1 N–H and O–H groups in total. The lowest BCUT2D eigenvalue weighted by atomic mass is 9.98. The number of benzene rings is 1. The van der Waals surface area contributed by atoms with Crippen LogP contribution in [0.5, 0.6) is 0 Å². The van der Waals surface area contributed by atoms with E-state index >= 15 is 0 Å². The summed E-state index contributed by atoms with van der Waals surface area (Å²) < 4.78 is 0. The van der Waals surface area contributed by atoms with Crippen molar-refractivity contribution in [3.63, 3.8) is 0 Å². The van der Waals surface area contributed by atoms with Gasteiger partial charge in [0.15, 0.2) is 5.78 Å². The number of piperidine rings is 1. The highest BCUT2D eigenvalue weighted by Gasteiger charge is 2.32. The molecule has 3 heterocycles. The number of para-hydroxylation sites is 2. The third-order valence-electron chi connectivity index (χ3n) is 7.15. The molecular weight excluding hydrogens is 390 g/mol. The van der Waals surface area contributed by atoms with Gasteiger partial charge in [-0.05, 0) is 38.3 Å². The Morgan fingerprint density at radius 3 is 2.55 bits per heavy atom. The van der Waals surface area contributed by atoms with E-state index in [1.165, 1.54) is 11.4 Å². The van der Waals surface area contributed by atoms with Crippen LogP contribution in [0.4, 0.5) is 11.4 Å². The third kappa shape index (κ3) is 4.76. The standard InChI is InChI=1S/C24H35N5O2/c1-18(16-20(25)23(30)11-15-28-12-5-8-24(28)31)27-13-9-19(10-14-27)29-17-26(2)21-6-3-4-7-22(21)29/h3-4,6-7,18-19,25H,5,8-17H2,1-2H3/t18-/m0/s1. The van der Waals surface area contributed by atoms with Gasteiger partial charge in [0, 0.05) is 64.6 Å². The Balaban J connectivity index is 1.23. The summed E-state index contributed by atoms with van der Waals surface area (Å²) in [5.41, 5.74) is 2.85. The van der Waals surface area contributed by atoms with Crippen LogP contribution in [0.3, 0.4) is 0 Å². The first-order valence-electron chi connectivity index (χ1n) is 11.6. The average Bonchev–Trinajstić information content (AvgIpc) is 3.35. The van der Waals surface area contributed by atoms with Crippen molar-refractivity contribution in [2.45, 2.75) is 57.5 Å². The lowest BCUT2D eigenvalue weighted by Gasteiger charge is -2.40. The fraction of sp³-hybridized carbons (Fsp3) is 0.625. The highest BCUT2D eigenvalue weighted by molar-refractivity contribution is 6.38. The minimum Gasteiger partial charge on any atom is -0.355 e. The van der Waals surface area contributed by atoms with Crippen molar-refractivity contribution in [3.8, 4) is 0 Å². The van der Waals surface area contributed by atoms with Crippen LogP contribution in [-0.4, -0.2) is 79.2 Å². The number of Topliss-reactive ketones (excluding diaryl/α,β-unsaturated/α-hetero) is 1. The molecule has 31 heavy (non-hydrogen) atoms. The summed E-state index contributed by atoms with van der Waals surface area (Å²) in [7, 11) is 2.15. The van der Waals surface area contributed by atoms with Gasteiger partial charge in [0.2, 0.25) is 5.91 Å². The minimum absolute atomic E-state index is 0.113. The smallest absolute Gasteiger partial charge is 0.222 e. The number of hydrogen-bond acceptors (Lipinski definition) is 6. The minimum atomic E-state index is -0.113. The molecular formula is C24H35N5O2. The molecule has 7 nitrogen and oxygen atoms in total. The van der Waals surface area contributed by atoms with Gasteiger partial charge in [-0.3, -0.25) is 9.59 Å². The molecule has 0 bridgehead atoms. The van der Waals surface area contributed by atoms with Crippen LogP contribution < -0.4 is 9.80 Å². The molecule has 0 aromatic heterocycles. The molecule has 1 atom stereocenters. The van der Waals surface area contributed by atoms with E-state index in [-0.39, 0.29) is 29.9 Å². The first-order valence-corrected chi connectivity index (χ1v) is 11.6. The molecule has 3 aliphatic rings. The van der Waals surface area contributed by atoms with E-state index in [0.29, 0.717) is 25.4 Å². The zero-order valence-corrected chi connectivity index (χ0v) is 18.8. The predicted molar refractivity (Wildman–Crippen MR) is 124 cm³/mol. The Kier molecular flexibility index (Phi) is 6.60. The van der Waals surface area contributed by atoms with Crippen molar-refractivity contribution in [3.05, 3.63) is 24.3 Å². The number of carbonyl (C=O) groups excluding carboxylic acids is 2. The van der Waals surface area contributed by atoms with Crippen LogP contribution in [0.1, 0.15) is 45.4 Å². The van der Waals surface area contributed by atoms with Gasteiger partial charge in [-0.15, -0.1) is 0 Å². The van der Waals surface area contributed by atoms with Gasteiger partial charge in [0.1, 0.15) is 0 Å². The second-order valence-electron chi connectivity index (χ2n) is 9.25. The van der Waals surface area contributed by atoms with Crippen molar-refractivity contribution >= 4 is 28.8 Å². The van der Waals surface area contributed by atoms with E-state index in [4.69, 9.17) is 5.41 Å². The number of amides is 1. The predicted octanol–water partition coefficient (Wildman–Crippen LogP) is 2.74. The quantitative estimate of drug-likeness (QED) is 0.649. The van der Waals surface area contributed by atoms with Gasteiger partial charge in [-0.1, -0.05) is 12.1 Å². The second-order valence-corrected chi connectivity index (χ2v) is 9.25. The zero-order valence-electron chi connectivity index (χ0n) is 18.8. The highest BCUT2D eigenvalue weighted by atomic mass is 16.2. The number of anilines is 2. The van der Waals surface area contributed by atoms with E-state index in [9.17, 15) is 9.59 Å². The summed E-state index contributed by atoms with van der Waals surface area (Å²) in [6.07, 6.45) is 4.46. The molecule has 2 fully saturated rings. The number of hydrogen-bond donors (Lipinski definition) is 1. The normalized spacial score (nSPS) is 21.0. The summed E-state index contributed by atoms with van der Waals surface area (Å²) >= 11 is 0. The molecule has 0 saturated carbocycles. The molecule has 0 spiro atoms. The first-order chi connectivity index (χ1) is 14.9. The molecule has 1 aromatic carbocycles. The summed E-state index contributed by atoms with van der Waals surface area (Å²) in [4.78, 5) is 33.1. The molecule has 4 rings (SSSR count). The summed E-state index contributed by atoms with van der Waals surface area (Å²) in [6.45, 7) is 6.28. The Bertz CT molecular complexity index is 833. The van der Waals surface area contributed by atoms with Crippen LogP contribution in [-0.2, 0) is 9.59 Å². The number of ketones is 1. The van der Waals surface area contributed by atoms with Gasteiger partial charge in [-0.2, -0.15) is 0 Å². The van der Waals surface area contributed by atoms with Gasteiger partial charge in [0.25, 0.3) is 0 Å². The van der Waals surface area contributed by atoms with Crippen LogP contribution >= 0.6 is 0 Å². The van der Waals surface area contributed by atoms with Crippen LogP contribution in [0.2, 0.25) is 0 Å². The van der Waals surface area contributed by atoms with E-state index in [2.05, 4.69) is 52.9 Å². The average molecular weight is 426 g/mol. The largest absolute Gasteiger partial charge is 0.355 e. The SMILES string of the molecule is C[C@@H](CC(=N)C(=O)CCN1CCCC1=O)N1CCC(N2CN(C)c3ccccc32)CC1. The van der Waals surface area contributed by atoms with Gasteiger partial charge in [0.05, 0.1) is 23.8 Å². The fourth-order valence-corrected chi connectivity index (χ4v) is 5.23. The molecule has 2 saturated heterocycles. The molecule has 7 heteroatoms. The van der Waals surface area contributed by atoms with E-state index in [0.717, 1.165) is 45.6 Å². The first kappa shape index (κ1) is 21.8. The number of nitrogens with zero attached hydrogens (tertiary/aromatic N) is 4. The highest BCUT2D eigenvalue weighted by Crippen LogP contribution is 2.37. The Labute approximate surface area is 185 Å². The van der Waals surface area contributed by atoms with E-state index < -0.39 is 0 Å². The summed E-state index contributed by atoms with van der Waals surface area (Å²) in [5.74, 6) is 0.0283. The molecule has 1 amide bonds. The summed E-state index contributed by atoms with van der Waals surface area (Å²) in [5, 5.41) is 8.25. The third-order valence-corrected chi connectivity index (χ3v) is 7.15. The Morgan fingerprint density at radius 2 is 1.87 bits per heavy atom. The molecule has 0 aliphatic carbocycles. The van der Waals surface area contributed by atoms with Crippen molar-refractivity contribution in [2.75, 3.05) is 49.7 Å². The lowest BCUT2D eigenvalue weighted by molar-refractivity contribution is -0.128. The van der Waals surface area contributed by atoms with Crippen LogP contribution in [0, 0.1) is 5.41 Å². The van der Waals surface area contributed by atoms with Crippen molar-refractivity contribution < 1.29 is 9.59 Å². The van der Waals surface area contributed by atoms with Crippen molar-refractivity contribution in [1.82, 2.24) is 9.80 Å². The van der Waals surface area contributed by atoms with Gasteiger partial charge in [-0.25, -0.2) is 0 Å². The molecule has 168 valence electrons. The van der Waals surface area contributed by atoms with E-state index in [1.54, 1.807) is 4.90 Å². The topological polar surface area (TPSA) is 70.9 Å². The lowest BCUT2D eigenvalue weighted by Crippen LogP contribution is -2.48. The number of rotatable bonds is 8. The maximum Gasteiger partial charge on any atom is 0.222 e. The van der Waals surface area contributed by atoms with Crippen molar-refractivity contribution in [1.29, 1.82) is 5.41 Å². The maximum absolute atomic E-state index is 12.4. The molecule has 0 unspecified atom stereocenters. The maximum atomic E-state index is 12.4. The number of likely N-dealkylation sites (tertiary alicyclic amines) is 2. The zero-order chi connectivity index (χ0) is 22.0. The van der Waals surface area contributed by atoms with Crippen molar-refractivity contribution in [2.24, 2.45) is 0 Å². The van der Waals surface area contributed by atoms with Gasteiger partial charge >= 0.3 is 0 Å². The number of carbonyl (C=O) groups is 2. The monoisotopic (exact) mass is 425 g/mol. The molecule has 1 aromatic rings. The number of fused-ring (bicyclic) bond motifs is 1. The Morgan fingerprint density at radius 1 is 1.16 bits per heavy atom. The van der Waals surface area contributed by atoms with Crippen LogP contribution in [0.25, 0.3) is 0 Å². The fourth-order valence-electron chi connectivity index (χ4n) is 5.23. The molecule has 0 radical (unpaired) electrons. The summed E-state index contributed by atoms with van der Waals surface area (Å²) in [6, 6.07) is 9.35. The van der Waals surface area contributed by atoms with Crippen LogP contribution in [0.15, 0.2) is 24.3 Å². The number of nitrogens with one attached hydrogen (secondary N) is 1. The second kappa shape index (κ2) is 9.39.